The molecule has 4 atom stereocenters. The topological polar surface area (TPSA) is 69.8 Å². The second-order valence-corrected chi connectivity index (χ2v) is 7.98. The van der Waals surface area contributed by atoms with Crippen LogP contribution in [0.1, 0.15) is 30.4 Å². The van der Waals surface area contributed by atoms with E-state index in [0.29, 0.717) is 26.2 Å². The van der Waals surface area contributed by atoms with Crippen molar-refractivity contribution in [3.63, 3.8) is 0 Å². The Morgan fingerprint density at radius 2 is 1.67 bits per heavy atom. The van der Waals surface area contributed by atoms with E-state index in [1.165, 1.54) is 7.11 Å². The third-order valence-corrected chi connectivity index (χ3v) is 5.57. The summed E-state index contributed by atoms with van der Waals surface area (Å²) in [6.07, 6.45) is 0.786. The number of esters is 1. The highest BCUT2D eigenvalue weighted by molar-refractivity contribution is 5.78. The van der Waals surface area contributed by atoms with E-state index >= 15 is 0 Å². The van der Waals surface area contributed by atoms with Crippen LogP contribution >= 0.6 is 0 Å². The number of ether oxygens (including phenoxy) is 5. The molecule has 0 radical (unpaired) electrons. The molecule has 2 aromatic rings. The van der Waals surface area contributed by atoms with Gasteiger partial charge in [-0.15, -0.1) is 0 Å². The molecule has 0 amide bonds. The van der Waals surface area contributed by atoms with E-state index in [2.05, 4.69) is 0 Å². The molecule has 0 aliphatic carbocycles. The van der Waals surface area contributed by atoms with Crippen LogP contribution in [0, 0.1) is 0 Å². The van der Waals surface area contributed by atoms with Gasteiger partial charge in [-0.3, -0.25) is 4.79 Å². The highest BCUT2D eigenvalue weighted by Crippen LogP contribution is 2.38. The number of carbonyl (C=O) groups is 1. The van der Waals surface area contributed by atoms with Crippen molar-refractivity contribution in [2.75, 3.05) is 33.5 Å². The summed E-state index contributed by atoms with van der Waals surface area (Å²) in [7, 11) is 1.42. The molecular weight excluding hydrogens is 384 g/mol. The number of hydrogen-bond donors (Lipinski definition) is 0. The number of hydrogen-bond acceptors (Lipinski definition) is 6. The SMILES string of the molecule is COC(=O)C(CC(C)(OCC1CO1)c1ccc(OCC2CO2)cc1)c1ccccc1. The minimum Gasteiger partial charge on any atom is -0.491 e. The third kappa shape index (κ3) is 5.39. The molecule has 0 N–H and O–H groups in total. The van der Waals surface area contributed by atoms with Gasteiger partial charge in [0.2, 0.25) is 0 Å². The third-order valence-electron chi connectivity index (χ3n) is 5.57. The predicted molar refractivity (Wildman–Crippen MR) is 111 cm³/mol. The summed E-state index contributed by atoms with van der Waals surface area (Å²) in [6, 6.07) is 17.5. The second-order valence-electron chi connectivity index (χ2n) is 7.98. The normalized spacial score (nSPS) is 22.6. The Kier molecular flexibility index (Phi) is 6.37. The number of epoxide rings is 2. The van der Waals surface area contributed by atoms with E-state index in [-0.39, 0.29) is 18.2 Å². The van der Waals surface area contributed by atoms with Gasteiger partial charge in [0.1, 0.15) is 24.6 Å². The van der Waals surface area contributed by atoms with Gasteiger partial charge in [0, 0.05) is 0 Å². The molecule has 4 unspecified atom stereocenters. The summed E-state index contributed by atoms with van der Waals surface area (Å²) in [5, 5.41) is 0. The van der Waals surface area contributed by atoms with Crippen LogP contribution < -0.4 is 4.74 Å². The summed E-state index contributed by atoms with van der Waals surface area (Å²) in [5.74, 6) is 0.0713. The van der Waals surface area contributed by atoms with Crippen molar-refractivity contribution in [2.45, 2.75) is 37.1 Å². The Bertz CT molecular complexity index is 829. The minimum atomic E-state index is -0.696. The Labute approximate surface area is 177 Å². The average Bonchev–Trinajstić information content (AvgIpc) is 3.70. The zero-order valence-corrected chi connectivity index (χ0v) is 17.4. The molecule has 6 heteroatoms. The van der Waals surface area contributed by atoms with E-state index in [1.54, 1.807) is 0 Å². The Balaban J connectivity index is 1.55. The zero-order chi connectivity index (χ0) is 21.0. The van der Waals surface area contributed by atoms with Crippen molar-refractivity contribution in [3.05, 3.63) is 65.7 Å². The molecule has 160 valence electrons. The number of carbonyl (C=O) groups excluding carboxylic acids is 1. The van der Waals surface area contributed by atoms with Crippen molar-refractivity contribution in [1.29, 1.82) is 0 Å². The van der Waals surface area contributed by atoms with E-state index < -0.39 is 11.5 Å². The van der Waals surface area contributed by atoms with Gasteiger partial charge in [-0.25, -0.2) is 0 Å². The van der Waals surface area contributed by atoms with Crippen LogP contribution in [0.4, 0.5) is 0 Å². The number of rotatable bonds is 11. The molecule has 2 aromatic carbocycles. The fourth-order valence-corrected chi connectivity index (χ4v) is 3.51. The van der Waals surface area contributed by atoms with Crippen LogP contribution in [-0.4, -0.2) is 51.7 Å². The number of methoxy groups -OCH3 is 1. The molecular formula is C24H28O6. The maximum absolute atomic E-state index is 12.6. The zero-order valence-electron chi connectivity index (χ0n) is 17.4. The number of benzene rings is 2. The summed E-state index contributed by atoms with van der Waals surface area (Å²) in [6.45, 7) is 4.54. The van der Waals surface area contributed by atoms with E-state index in [4.69, 9.17) is 23.7 Å². The summed E-state index contributed by atoms with van der Waals surface area (Å²) in [4.78, 5) is 12.6. The average molecular weight is 412 g/mol. The van der Waals surface area contributed by atoms with Gasteiger partial charge in [0.05, 0.1) is 38.4 Å². The molecule has 0 saturated carbocycles. The lowest BCUT2D eigenvalue weighted by atomic mass is 9.82. The van der Waals surface area contributed by atoms with Crippen molar-refractivity contribution in [2.24, 2.45) is 0 Å². The maximum Gasteiger partial charge on any atom is 0.313 e. The Morgan fingerprint density at radius 3 is 2.27 bits per heavy atom. The molecule has 0 aromatic heterocycles. The Hall–Kier alpha value is -2.41. The molecule has 30 heavy (non-hydrogen) atoms. The van der Waals surface area contributed by atoms with Gasteiger partial charge in [0.25, 0.3) is 0 Å². The first-order valence-corrected chi connectivity index (χ1v) is 10.3. The van der Waals surface area contributed by atoms with Gasteiger partial charge in [-0.2, -0.15) is 0 Å². The lowest BCUT2D eigenvalue weighted by Gasteiger charge is -2.33. The minimum absolute atomic E-state index is 0.124. The fraction of sp³-hybridized carbons (Fsp3) is 0.458. The van der Waals surface area contributed by atoms with E-state index in [9.17, 15) is 4.79 Å². The van der Waals surface area contributed by atoms with Crippen LogP contribution in [-0.2, 0) is 29.3 Å². The molecule has 0 bridgehead atoms. The van der Waals surface area contributed by atoms with Crippen LogP contribution in [0.5, 0.6) is 5.75 Å². The molecule has 2 aliphatic heterocycles. The van der Waals surface area contributed by atoms with Crippen molar-refractivity contribution < 1.29 is 28.5 Å². The Morgan fingerprint density at radius 1 is 1.03 bits per heavy atom. The van der Waals surface area contributed by atoms with E-state index in [1.807, 2.05) is 61.5 Å². The van der Waals surface area contributed by atoms with Crippen molar-refractivity contribution >= 4 is 5.97 Å². The first-order chi connectivity index (χ1) is 14.6. The second kappa shape index (κ2) is 9.16. The quantitative estimate of drug-likeness (QED) is 0.416. The lowest BCUT2D eigenvalue weighted by molar-refractivity contribution is -0.145. The fourth-order valence-electron chi connectivity index (χ4n) is 3.51. The largest absolute Gasteiger partial charge is 0.491 e. The summed E-state index contributed by atoms with van der Waals surface area (Å²) in [5.41, 5.74) is 1.19. The molecule has 2 aliphatic rings. The first kappa shape index (κ1) is 20.8. The van der Waals surface area contributed by atoms with E-state index in [0.717, 1.165) is 23.5 Å². The first-order valence-electron chi connectivity index (χ1n) is 10.3. The molecule has 2 saturated heterocycles. The summed E-state index contributed by atoms with van der Waals surface area (Å²) >= 11 is 0. The standard InChI is InChI=1S/C24H28O6/c1-24(30-16-21-15-29-21,12-22(23(25)26-2)17-6-4-3-5-7-17)18-8-10-19(11-9-18)27-13-20-14-28-20/h3-11,20-22H,12-16H2,1-2H3. The molecule has 4 rings (SSSR count). The van der Waals surface area contributed by atoms with Crippen molar-refractivity contribution in [1.82, 2.24) is 0 Å². The molecule has 2 heterocycles. The lowest BCUT2D eigenvalue weighted by Crippen LogP contribution is -2.32. The van der Waals surface area contributed by atoms with Crippen LogP contribution in [0.25, 0.3) is 0 Å². The molecule has 6 nitrogen and oxygen atoms in total. The van der Waals surface area contributed by atoms with Gasteiger partial charge in [-0.05, 0) is 36.6 Å². The molecule has 2 fully saturated rings. The summed E-state index contributed by atoms with van der Waals surface area (Å²) < 4.78 is 27.7. The predicted octanol–water partition coefficient (Wildman–Crippen LogP) is 3.44. The maximum atomic E-state index is 12.6. The van der Waals surface area contributed by atoms with Gasteiger partial charge >= 0.3 is 5.97 Å². The van der Waals surface area contributed by atoms with Crippen LogP contribution in [0.15, 0.2) is 54.6 Å². The van der Waals surface area contributed by atoms with Crippen molar-refractivity contribution in [3.8, 4) is 5.75 Å². The highest BCUT2D eigenvalue weighted by atomic mass is 16.6. The highest BCUT2D eigenvalue weighted by Gasteiger charge is 2.37. The van der Waals surface area contributed by atoms with Gasteiger partial charge < -0.3 is 23.7 Å². The molecule has 0 spiro atoms. The van der Waals surface area contributed by atoms with Gasteiger partial charge in [0.15, 0.2) is 0 Å². The van der Waals surface area contributed by atoms with Crippen LogP contribution in [0.3, 0.4) is 0 Å². The smallest absolute Gasteiger partial charge is 0.313 e. The van der Waals surface area contributed by atoms with Gasteiger partial charge in [-0.1, -0.05) is 42.5 Å². The van der Waals surface area contributed by atoms with Crippen LogP contribution in [0.2, 0.25) is 0 Å². The monoisotopic (exact) mass is 412 g/mol.